The molecule has 0 saturated carbocycles. The van der Waals surface area contributed by atoms with Crippen LogP contribution in [0.25, 0.3) is 0 Å². The summed E-state index contributed by atoms with van der Waals surface area (Å²) < 4.78 is 1.55. The minimum absolute atomic E-state index is 0.0262. The summed E-state index contributed by atoms with van der Waals surface area (Å²) in [7, 11) is 0. The zero-order chi connectivity index (χ0) is 15.4. The second-order valence-corrected chi connectivity index (χ2v) is 5.59. The smallest absolute Gasteiger partial charge is 0.244 e. The fourth-order valence-corrected chi connectivity index (χ4v) is 2.16. The number of hydrogen-bond acceptors (Lipinski definition) is 5. The summed E-state index contributed by atoms with van der Waals surface area (Å²) in [6.45, 7) is 7.99. The van der Waals surface area contributed by atoms with Gasteiger partial charge in [-0.2, -0.15) is 0 Å². The highest BCUT2D eigenvalue weighted by molar-refractivity contribution is 5.80. The molecule has 8 heteroatoms. The highest BCUT2D eigenvalue weighted by Crippen LogP contribution is 2.08. The van der Waals surface area contributed by atoms with E-state index in [1.807, 2.05) is 18.7 Å². The van der Waals surface area contributed by atoms with Gasteiger partial charge in [-0.1, -0.05) is 5.21 Å². The quantitative estimate of drug-likeness (QED) is 0.749. The first kappa shape index (κ1) is 15.4. The molecule has 0 radical (unpaired) electrons. The molecule has 1 fully saturated rings. The van der Waals surface area contributed by atoms with E-state index in [4.69, 9.17) is 0 Å². The lowest BCUT2D eigenvalue weighted by Crippen LogP contribution is -2.47. The standard InChI is InChI=1S/C13H22N6O2/c1-9(2)15-13(21)10(3)19-7-11(16-17-19)6-18-5-4-14-12(20)8-18/h7,9-10H,4-6,8H2,1-3H3,(H,14,20)(H,15,21). The first-order valence-electron chi connectivity index (χ1n) is 7.16. The third kappa shape index (κ3) is 4.25. The van der Waals surface area contributed by atoms with Gasteiger partial charge < -0.3 is 10.6 Å². The van der Waals surface area contributed by atoms with Gasteiger partial charge in [0.2, 0.25) is 11.8 Å². The van der Waals surface area contributed by atoms with Gasteiger partial charge in [0.1, 0.15) is 6.04 Å². The fourth-order valence-electron chi connectivity index (χ4n) is 2.16. The van der Waals surface area contributed by atoms with Crippen LogP contribution in [0, 0.1) is 0 Å². The lowest BCUT2D eigenvalue weighted by molar-refractivity contribution is -0.125. The molecular formula is C13H22N6O2. The van der Waals surface area contributed by atoms with Crippen LogP contribution in [-0.2, 0) is 16.1 Å². The van der Waals surface area contributed by atoms with E-state index in [9.17, 15) is 9.59 Å². The van der Waals surface area contributed by atoms with Crippen molar-refractivity contribution in [3.05, 3.63) is 11.9 Å². The second kappa shape index (κ2) is 6.66. The van der Waals surface area contributed by atoms with Gasteiger partial charge in [-0.25, -0.2) is 4.68 Å². The Morgan fingerprint density at radius 3 is 2.90 bits per heavy atom. The van der Waals surface area contributed by atoms with Crippen LogP contribution in [0.4, 0.5) is 0 Å². The number of nitrogens with zero attached hydrogens (tertiary/aromatic N) is 4. The van der Waals surface area contributed by atoms with Gasteiger partial charge in [0.15, 0.2) is 0 Å². The zero-order valence-corrected chi connectivity index (χ0v) is 12.7. The van der Waals surface area contributed by atoms with Crippen LogP contribution in [0.3, 0.4) is 0 Å². The summed E-state index contributed by atoms with van der Waals surface area (Å²) >= 11 is 0. The van der Waals surface area contributed by atoms with Gasteiger partial charge in [-0.05, 0) is 20.8 Å². The normalized spacial score (nSPS) is 17.6. The van der Waals surface area contributed by atoms with Gasteiger partial charge >= 0.3 is 0 Å². The van der Waals surface area contributed by atoms with Crippen molar-refractivity contribution in [2.45, 2.75) is 39.4 Å². The highest BCUT2D eigenvalue weighted by Gasteiger charge is 2.20. The van der Waals surface area contributed by atoms with Crippen LogP contribution < -0.4 is 10.6 Å². The van der Waals surface area contributed by atoms with E-state index in [0.717, 1.165) is 12.2 Å². The average Bonchev–Trinajstić information content (AvgIpc) is 2.85. The molecule has 1 aromatic heterocycles. The second-order valence-electron chi connectivity index (χ2n) is 5.59. The van der Waals surface area contributed by atoms with Crippen LogP contribution in [-0.4, -0.2) is 57.4 Å². The molecule has 0 aliphatic carbocycles. The molecule has 1 atom stereocenters. The van der Waals surface area contributed by atoms with Crippen molar-refractivity contribution in [3.63, 3.8) is 0 Å². The molecule has 0 bridgehead atoms. The van der Waals surface area contributed by atoms with Gasteiger partial charge in [0.25, 0.3) is 0 Å². The lowest BCUT2D eigenvalue weighted by Gasteiger charge is -2.25. The summed E-state index contributed by atoms with van der Waals surface area (Å²) in [5.41, 5.74) is 0.758. The summed E-state index contributed by atoms with van der Waals surface area (Å²) in [5, 5.41) is 13.7. The van der Waals surface area contributed by atoms with Gasteiger partial charge in [0.05, 0.1) is 18.4 Å². The van der Waals surface area contributed by atoms with Crippen LogP contribution in [0.2, 0.25) is 0 Å². The number of hydrogen-bond donors (Lipinski definition) is 2. The molecule has 1 saturated heterocycles. The minimum Gasteiger partial charge on any atom is -0.354 e. The average molecular weight is 294 g/mol. The van der Waals surface area contributed by atoms with Crippen LogP contribution in [0.5, 0.6) is 0 Å². The highest BCUT2D eigenvalue weighted by atomic mass is 16.2. The third-order valence-electron chi connectivity index (χ3n) is 3.27. The SMILES string of the molecule is CC(C)NC(=O)C(C)n1cc(CN2CCNC(=O)C2)nn1. The first-order chi connectivity index (χ1) is 9.95. The van der Waals surface area contributed by atoms with E-state index >= 15 is 0 Å². The number of carbonyl (C=O) groups excluding carboxylic acids is 2. The number of nitrogens with one attached hydrogen (secondary N) is 2. The van der Waals surface area contributed by atoms with E-state index in [2.05, 4.69) is 20.9 Å². The lowest BCUT2D eigenvalue weighted by atomic mass is 10.3. The van der Waals surface area contributed by atoms with Crippen molar-refractivity contribution in [2.24, 2.45) is 0 Å². The van der Waals surface area contributed by atoms with E-state index in [1.54, 1.807) is 17.8 Å². The monoisotopic (exact) mass is 294 g/mol. The number of rotatable bonds is 5. The van der Waals surface area contributed by atoms with Crippen molar-refractivity contribution in [1.82, 2.24) is 30.5 Å². The number of aromatic nitrogens is 3. The summed E-state index contributed by atoms with van der Waals surface area (Å²) in [5.74, 6) is -0.0582. The molecule has 1 aromatic rings. The van der Waals surface area contributed by atoms with Gasteiger partial charge in [-0.15, -0.1) is 5.10 Å². The predicted molar refractivity (Wildman–Crippen MR) is 76.3 cm³/mol. The molecule has 8 nitrogen and oxygen atoms in total. The Morgan fingerprint density at radius 1 is 1.48 bits per heavy atom. The Kier molecular flexibility index (Phi) is 4.89. The van der Waals surface area contributed by atoms with Crippen LogP contribution in [0.15, 0.2) is 6.20 Å². The molecule has 2 N–H and O–H groups in total. The molecule has 1 unspecified atom stereocenters. The van der Waals surface area contributed by atoms with E-state index < -0.39 is 6.04 Å². The topological polar surface area (TPSA) is 92.2 Å². The Hall–Kier alpha value is -1.96. The summed E-state index contributed by atoms with van der Waals surface area (Å²) in [6.07, 6.45) is 1.76. The third-order valence-corrected chi connectivity index (χ3v) is 3.27. The van der Waals surface area contributed by atoms with Gasteiger partial charge in [-0.3, -0.25) is 14.5 Å². The first-order valence-corrected chi connectivity index (χ1v) is 7.16. The maximum Gasteiger partial charge on any atom is 0.244 e. The van der Waals surface area contributed by atoms with Crippen molar-refractivity contribution in [2.75, 3.05) is 19.6 Å². The molecule has 2 rings (SSSR count). The zero-order valence-electron chi connectivity index (χ0n) is 12.7. The molecule has 1 aliphatic heterocycles. The summed E-state index contributed by atoms with van der Waals surface area (Å²) in [6, 6.07) is -0.312. The fraction of sp³-hybridized carbons (Fsp3) is 0.692. The van der Waals surface area contributed by atoms with E-state index in [1.165, 1.54) is 0 Å². The number of carbonyl (C=O) groups is 2. The van der Waals surface area contributed by atoms with Crippen molar-refractivity contribution in [3.8, 4) is 0 Å². The molecule has 21 heavy (non-hydrogen) atoms. The van der Waals surface area contributed by atoms with Crippen LogP contribution in [0.1, 0.15) is 32.5 Å². The summed E-state index contributed by atoms with van der Waals surface area (Å²) in [4.78, 5) is 25.3. The minimum atomic E-state index is -0.404. The molecular weight excluding hydrogens is 272 g/mol. The van der Waals surface area contributed by atoms with Crippen molar-refractivity contribution < 1.29 is 9.59 Å². The Balaban J connectivity index is 1.94. The molecule has 2 heterocycles. The number of amides is 2. The maximum atomic E-state index is 11.9. The van der Waals surface area contributed by atoms with Crippen LogP contribution >= 0.6 is 0 Å². The Bertz CT molecular complexity index is 513. The predicted octanol–water partition coefficient (Wildman–Crippen LogP) is -0.704. The molecule has 1 aliphatic rings. The van der Waals surface area contributed by atoms with Crippen molar-refractivity contribution >= 4 is 11.8 Å². The molecule has 0 spiro atoms. The largest absolute Gasteiger partial charge is 0.354 e. The number of piperazine rings is 1. The molecule has 0 aromatic carbocycles. The van der Waals surface area contributed by atoms with E-state index in [-0.39, 0.29) is 17.9 Å². The Labute approximate surface area is 123 Å². The van der Waals surface area contributed by atoms with Gasteiger partial charge in [0, 0.05) is 25.7 Å². The molecule has 2 amide bonds. The Morgan fingerprint density at radius 2 is 2.24 bits per heavy atom. The van der Waals surface area contributed by atoms with Crippen molar-refractivity contribution in [1.29, 1.82) is 0 Å². The molecule has 116 valence electrons. The van der Waals surface area contributed by atoms with E-state index in [0.29, 0.717) is 19.6 Å². The maximum absolute atomic E-state index is 11.9.